The second kappa shape index (κ2) is 7.32. The minimum Gasteiger partial charge on any atom is -0.483 e. The molecule has 0 radical (unpaired) electrons. The molecule has 0 heterocycles. The van der Waals surface area contributed by atoms with Gasteiger partial charge in [0.05, 0.1) is 0 Å². The summed E-state index contributed by atoms with van der Waals surface area (Å²) in [7, 11) is 0. The highest BCUT2D eigenvalue weighted by atomic mass is 16.5. The van der Waals surface area contributed by atoms with Crippen molar-refractivity contribution in [2.45, 2.75) is 34.6 Å². The maximum Gasteiger partial charge on any atom is 0.264 e. The molecule has 0 aliphatic heterocycles. The SMILES string of the molecule is CCN(C(=O)COc1cc(C)c(C)cc1C)c1cccc(C)c1. The first-order valence-corrected chi connectivity index (χ1v) is 8.00. The number of carbonyl (C=O) groups excluding carboxylic acids is 1. The zero-order valence-electron chi connectivity index (χ0n) is 14.6. The summed E-state index contributed by atoms with van der Waals surface area (Å²) in [4.78, 5) is 14.3. The van der Waals surface area contributed by atoms with Crippen LogP contribution in [0.15, 0.2) is 36.4 Å². The quantitative estimate of drug-likeness (QED) is 0.821. The molecule has 0 aromatic heterocycles. The number of hydrogen-bond acceptors (Lipinski definition) is 2. The van der Waals surface area contributed by atoms with E-state index in [-0.39, 0.29) is 12.5 Å². The van der Waals surface area contributed by atoms with Crippen molar-refractivity contribution in [1.82, 2.24) is 0 Å². The van der Waals surface area contributed by atoms with E-state index in [4.69, 9.17) is 4.74 Å². The molecular formula is C20H25NO2. The zero-order valence-corrected chi connectivity index (χ0v) is 14.6. The topological polar surface area (TPSA) is 29.5 Å². The fourth-order valence-corrected chi connectivity index (χ4v) is 2.61. The van der Waals surface area contributed by atoms with Crippen molar-refractivity contribution in [3.63, 3.8) is 0 Å². The van der Waals surface area contributed by atoms with Crippen molar-refractivity contribution in [3.8, 4) is 5.75 Å². The molecule has 23 heavy (non-hydrogen) atoms. The van der Waals surface area contributed by atoms with Crippen LogP contribution in [0.2, 0.25) is 0 Å². The van der Waals surface area contributed by atoms with Crippen molar-refractivity contribution in [2.24, 2.45) is 0 Å². The molecule has 2 aromatic carbocycles. The van der Waals surface area contributed by atoms with Gasteiger partial charge in [-0.3, -0.25) is 4.79 Å². The van der Waals surface area contributed by atoms with Crippen molar-refractivity contribution < 1.29 is 9.53 Å². The number of benzene rings is 2. The Bertz CT molecular complexity index is 707. The highest BCUT2D eigenvalue weighted by Gasteiger charge is 2.15. The van der Waals surface area contributed by atoms with Crippen molar-refractivity contribution in [1.29, 1.82) is 0 Å². The molecule has 2 rings (SSSR count). The van der Waals surface area contributed by atoms with Gasteiger partial charge in [0.15, 0.2) is 6.61 Å². The Hall–Kier alpha value is -2.29. The summed E-state index contributed by atoms with van der Waals surface area (Å²) >= 11 is 0. The van der Waals surface area contributed by atoms with Crippen molar-refractivity contribution in [2.75, 3.05) is 18.1 Å². The number of ether oxygens (including phenoxy) is 1. The lowest BCUT2D eigenvalue weighted by Crippen LogP contribution is -2.34. The third kappa shape index (κ3) is 4.13. The van der Waals surface area contributed by atoms with Crippen LogP contribution in [0.4, 0.5) is 5.69 Å². The second-order valence-corrected chi connectivity index (χ2v) is 5.97. The zero-order chi connectivity index (χ0) is 17.0. The lowest BCUT2D eigenvalue weighted by Gasteiger charge is -2.22. The standard InChI is InChI=1S/C20H25NO2/c1-6-21(18-9-7-8-14(2)10-18)20(22)13-23-19-12-16(4)15(3)11-17(19)5/h7-12H,6,13H2,1-5H3. The number of nitrogens with zero attached hydrogens (tertiary/aromatic N) is 1. The van der Waals surface area contributed by atoms with Crippen molar-refractivity contribution in [3.05, 3.63) is 58.7 Å². The predicted molar refractivity (Wildman–Crippen MR) is 95.4 cm³/mol. The Morgan fingerprint density at radius 3 is 2.35 bits per heavy atom. The first kappa shape index (κ1) is 17.1. The lowest BCUT2D eigenvalue weighted by atomic mass is 10.1. The van der Waals surface area contributed by atoms with Gasteiger partial charge in [0.25, 0.3) is 5.91 Å². The molecule has 0 aliphatic rings. The van der Waals surface area contributed by atoms with E-state index < -0.39 is 0 Å². The van der Waals surface area contributed by atoms with Crippen LogP contribution in [-0.2, 0) is 4.79 Å². The Balaban J connectivity index is 2.10. The third-order valence-corrected chi connectivity index (χ3v) is 4.07. The number of likely N-dealkylation sites (N-methyl/N-ethyl adjacent to an activating group) is 1. The van der Waals surface area contributed by atoms with E-state index in [1.54, 1.807) is 4.90 Å². The van der Waals surface area contributed by atoms with Crippen LogP contribution >= 0.6 is 0 Å². The van der Waals surface area contributed by atoms with Gasteiger partial charge >= 0.3 is 0 Å². The summed E-state index contributed by atoms with van der Waals surface area (Å²) in [6.07, 6.45) is 0. The van der Waals surface area contributed by atoms with Crippen LogP contribution in [0, 0.1) is 27.7 Å². The van der Waals surface area contributed by atoms with Crippen LogP contribution in [0.3, 0.4) is 0 Å². The molecule has 1 amide bonds. The molecule has 0 saturated heterocycles. The van der Waals surface area contributed by atoms with Crippen molar-refractivity contribution >= 4 is 11.6 Å². The molecular weight excluding hydrogens is 286 g/mol. The summed E-state index contributed by atoms with van der Waals surface area (Å²) in [5.41, 5.74) is 5.51. The normalized spacial score (nSPS) is 10.5. The smallest absolute Gasteiger partial charge is 0.264 e. The van der Waals surface area contributed by atoms with Gasteiger partial charge in [-0.15, -0.1) is 0 Å². The van der Waals surface area contributed by atoms with Gasteiger partial charge in [0, 0.05) is 12.2 Å². The number of aryl methyl sites for hydroxylation is 4. The summed E-state index contributed by atoms with van der Waals surface area (Å²) in [6, 6.07) is 12.1. The molecule has 0 saturated carbocycles. The molecule has 0 aliphatic carbocycles. The van der Waals surface area contributed by atoms with Gasteiger partial charge in [-0.05, 0) is 75.1 Å². The monoisotopic (exact) mass is 311 g/mol. The van der Waals surface area contributed by atoms with E-state index in [1.165, 1.54) is 11.1 Å². The van der Waals surface area contributed by atoms with E-state index in [0.29, 0.717) is 6.54 Å². The van der Waals surface area contributed by atoms with E-state index >= 15 is 0 Å². The summed E-state index contributed by atoms with van der Waals surface area (Å²) in [5.74, 6) is 0.748. The highest BCUT2D eigenvalue weighted by molar-refractivity contribution is 5.94. The van der Waals surface area contributed by atoms with Crippen LogP contribution < -0.4 is 9.64 Å². The van der Waals surface area contributed by atoms with Crippen LogP contribution in [-0.4, -0.2) is 19.1 Å². The molecule has 0 unspecified atom stereocenters. The van der Waals surface area contributed by atoms with Gasteiger partial charge in [0.1, 0.15) is 5.75 Å². The first-order valence-electron chi connectivity index (χ1n) is 8.00. The predicted octanol–water partition coefficient (Wildman–Crippen LogP) is 4.35. The second-order valence-electron chi connectivity index (χ2n) is 5.97. The molecule has 2 aromatic rings. The van der Waals surface area contributed by atoms with Gasteiger partial charge < -0.3 is 9.64 Å². The first-order chi connectivity index (χ1) is 10.9. The van der Waals surface area contributed by atoms with Gasteiger partial charge in [0.2, 0.25) is 0 Å². The maximum absolute atomic E-state index is 12.5. The van der Waals surface area contributed by atoms with E-state index in [0.717, 1.165) is 22.6 Å². The maximum atomic E-state index is 12.5. The molecule has 0 bridgehead atoms. The number of anilines is 1. The summed E-state index contributed by atoms with van der Waals surface area (Å²) < 4.78 is 5.78. The summed E-state index contributed by atoms with van der Waals surface area (Å²) in [6.45, 7) is 10.8. The fourth-order valence-electron chi connectivity index (χ4n) is 2.61. The molecule has 0 atom stereocenters. The summed E-state index contributed by atoms with van der Waals surface area (Å²) in [5, 5.41) is 0. The molecule has 122 valence electrons. The number of carbonyl (C=O) groups is 1. The number of rotatable bonds is 5. The van der Waals surface area contributed by atoms with E-state index in [2.05, 4.69) is 19.9 Å². The number of amides is 1. The molecule has 0 fully saturated rings. The lowest BCUT2D eigenvalue weighted by molar-refractivity contribution is -0.120. The van der Waals surface area contributed by atoms with Crippen LogP contribution in [0.25, 0.3) is 0 Å². The van der Waals surface area contributed by atoms with Crippen LogP contribution in [0.5, 0.6) is 5.75 Å². The van der Waals surface area contributed by atoms with Crippen LogP contribution in [0.1, 0.15) is 29.2 Å². The fraction of sp³-hybridized carbons (Fsp3) is 0.350. The third-order valence-electron chi connectivity index (χ3n) is 4.07. The Labute approximate surface area is 138 Å². The van der Waals surface area contributed by atoms with Gasteiger partial charge in [-0.2, -0.15) is 0 Å². The molecule has 3 nitrogen and oxygen atoms in total. The minimum absolute atomic E-state index is 0.0317. The number of hydrogen-bond donors (Lipinski definition) is 0. The Morgan fingerprint density at radius 1 is 1.00 bits per heavy atom. The minimum atomic E-state index is -0.0317. The largest absolute Gasteiger partial charge is 0.483 e. The Kier molecular flexibility index (Phi) is 5.43. The van der Waals surface area contributed by atoms with E-state index in [1.807, 2.05) is 51.1 Å². The molecule has 0 spiro atoms. The van der Waals surface area contributed by atoms with Gasteiger partial charge in [-0.1, -0.05) is 18.2 Å². The average Bonchev–Trinajstić information content (AvgIpc) is 2.50. The molecule has 3 heteroatoms. The average molecular weight is 311 g/mol. The Morgan fingerprint density at radius 2 is 1.70 bits per heavy atom. The van der Waals surface area contributed by atoms with Gasteiger partial charge in [-0.25, -0.2) is 0 Å². The molecule has 0 N–H and O–H groups in total. The van der Waals surface area contributed by atoms with E-state index in [9.17, 15) is 4.79 Å². The highest BCUT2D eigenvalue weighted by Crippen LogP contribution is 2.23.